The number of aliphatic hydroxyl groups is 1. The molecule has 0 aliphatic carbocycles. The van der Waals surface area contributed by atoms with E-state index in [9.17, 15) is 5.11 Å². The lowest BCUT2D eigenvalue weighted by molar-refractivity contribution is 0.190. The molecular formula is C7H11NOS. The van der Waals surface area contributed by atoms with Gasteiger partial charge in [-0.25, -0.2) is 0 Å². The topological polar surface area (TPSA) is 46.2 Å². The Hall–Kier alpha value is -0.380. The molecule has 0 amide bonds. The first-order valence-corrected chi connectivity index (χ1v) is 4.05. The van der Waals surface area contributed by atoms with Crippen molar-refractivity contribution in [1.82, 2.24) is 0 Å². The van der Waals surface area contributed by atoms with Crippen LogP contribution >= 0.6 is 11.3 Å². The number of thiophene rings is 1. The maximum atomic E-state index is 9.23. The number of hydrogen-bond acceptors (Lipinski definition) is 3. The summed E-state index contributed by atoms with van der Waals surface area (Å²) in [6.07, 6.45) is -0.473. The third kappa shape index (κ3) is 1.56. The van der Waals surface area contributed by atoms with Gasteiger partial charge in [0.25, 0.3) is 0 Å². The summed E-state index contributed by atoms with van der Waals surface area (Å²) in [5, 5.41) is 11.2. The molecule has 1 heterocycles. The van der Waals surface area contributed by atoms with Crippen LogP contribution in [0.2, 0.25) is 0 Å². The highest BCUT2D eigenvalue weighted by molar-refractivity contribution is 7.10. The van der Waals surface area contributed by atoms with Crippen LogP contribution in [0.4, 0.5) is 0 Å². The molecule has 0 bridgehead atoms. The normalized spacial score (nSPS) is 13.5. The summed E-state index contributed by atoms with van der Waals surface area (Å²) in [6.45, 7) is 2.31. The molecular weight excluding hydrogens is 146 g/mol. The van der Waals surface area contributed by atoms with Gasteiger partial charge in [-0.15, -0.1) is 11.3 Å². The van der Waals surface area contributed by atoms with E-state index in [-0.39, 0.29) is 0 Å². The molecule has 0 aromatic carbocycles. The zero-order valence-corrected chi connectivity index (χ0v) is 6.69. The van der Waals surface area contributed by atoms with Gasteiger partial charge in [0.05, 0.1) is 0 Å². The highest BCUT2D eigenvalue weighted by Gasteiger charge is 2.05. The van der Waals surface area contributed by atoms with Crippen LogP contribution in [0.1, 0.15) is 16.5 Å². The maximum Gasteiger partial charge on any atom is 0.100 e. The van der Waals surface area contributed by atoms with Crippen LogP contribution in [0, 0.1) is 6.92 Å². The highest BCUT2D eigenvalue weighted by Crippen LogP contribution is 2.20. The van der Waals surface area contributed by atoms with Crippen molar-refractivity contribution >= 4 is 11.3 Å². The van der Waals surface area contributed by atoms with E-state index in [4.69, 9.17) is 5.73 Å². The van der Waals surface area contributed by atoms with Crippen molar-refractivity contribution in [3.63, 3.8) is 0 Å². The predicted molar refractivity (Wildman–Crippen MR) is 43.1 cm³/mol. The minimum atomic E-state index is -0.473. The molecule has 0 aliphatic rings. The van der Waals surface area contributed by atoms with Gasteiger partial charge in [0.15, 0.2) is 0 Å². The molecule has 56 valence electrons. The van der Waals surface area contributed by atoms with Crippen LogP contribution in [0.15, 0.2) is 11.4 Å². The quantitative estimate of drug-likeness (QED) is 0.674. The molecule has 1 aromatic rings. The Labute approximate surface area is 64.3 Å². The van der Waals surface area contributed by atoms with E-state index in [1.165, 1.54) is 5.56 Å². The van der Waals surface area contributed by atoms with E-state index < -0.39 is 6.10 Å². The number of aryl methyl sites for hydroxylation is 1. The second-order valence-corrected chi connectivity index (χ2v) is 3.22. The van der Waals surface area contributed by atoms with Crippen molar-refractivity contribution in [3.8, 4) is 0 Å². The van der Waals surface area contributed by atoms with Gasteiger partial charge < -0.3 is 10.8 Å². The van der Waals surface area contributed by atoms with Crippen LogP contribution in [0.25, 0.3) is 0 Å². The van der Waals surface area contributed by atoms with E-state index in [0.717, 1.165) is 4.88 Å². The van der Waals surface area contributed by atoms with Crippen LogP contribution in [-0.2, 0) is 0 Å². The Morgan fingerprint density at radius 3 is 2.90 bits per heavy atom. The van der Waals surface area contributed by atoms with Crippen molar-refractivity contribution in [3.05, 3.63) is 21.9 Å². The SMILES string of the molecule is Cc1csc([C@H](O)CN)c1. The van der Waals surface area contributed by atoms with Gasteiger partial charge in [-0.05, 0) is 23.9 Å². The molecule has 3 N–H and O–H groups in total. The Morgan fingerprint density at radius 1 is 1.80 bits per heavy atom. The first-order valence-electron chi connectivity index (χ1n) is 3.17. The second kappa shape index (κ2) is 3.14. The molecule has 0 aliphatic heterocycles. The Balaban J connectivity index is 2.74. The molecule has 0 saturated heterocycles. The summed E-state index contributed by atoms with van der Waals surface area (Å²) in [5.41, 5.74) is 6.46. The van der Waals surface area contributed by atoms with E-state index in [2.05, 4.69) is 0 Å². The average Bonchev–Trinajstić information content (AvgIpc) is 2.34. The molecule has 1 aromatic heterocycles. The molecule has 1 atom stereocenters. The molecule has 1 rings (SSSR count). The van der Waals surface area contributed by atoms with Crippen LogP contribution in [-0.4, -0.2) is 11.7 Å². The summed E-state index contributed by atoms with van der Waals surface area (Å²) >= 11 is 1.55. The fourth-order valence-electron chi connectivity index (χ4n) is 0.744. The Bertz CT molecular complexity index is 209. The number of hydrogen-bond donors (Lipinski definition) is 2. The monoisotopic (exact) mass is 157 g/mol. The Morgan fingerprint density at radius 2 is 2.50 bits per heavy atom. The third-order valence-electron chi connectivity index (χ3n) is 1.30. The third-order valence-corrected chi connectivity index (χ3v) is 2.45. The molecule has 0 fully saturated rings. The van der Waals surface area contributed by atoms with E-state index >= 15 is 0 Å². The van der Waals surface area contributed by atoms with Gasteiger partial charge in [-0.3, -0.25) is 0 Å². The standard InChI is InChI=1S/C7H11NOS/c1-5-2-7(10-4-5)6(9)3-8/h2,4,6,9H,3,8H2,1H3/t6-/m1/s1. The first kappa shape index (κ1) is 7.72. The number of rotatable bonds is 2. The first-order chi connectivity index (χ1) is 4.74. The van der Waals surface area contributed by atoms with Crippen molar-refractivity contribution in [1.29, 1.82) is 0 Å². The predicted octanol–water partition coefficient (Wildman–Crippen LogP) is 1.05. The second-order valence-electron chi connectivity index (χ2n) is 2.28. The fraction of sp³-hybridized carbons (Fsp3) is 0.429. The molecule has 3 heteroatoms. The van der Waals surface area contributed by atoms with E-state index in [0.29, 0.717) is 6.54 Å². The van der Waals surface area contributed by atoms with E-state index in [1.807, 2.05) is 18.4 Å². The lowest BCUT2D eigenvalue weighted by Gasteiger charge is -2.01. The summed E-state index contributed by atoms with van der Waals surface area (Å²) in [7, 11) is 0. The maximum absolute atomic E-state index is 9.23. The average molecular weight is 157 g/mol. The molecule has 10 heavy (non-hydrogen) atoms. The van der Waals surface area contributed by atoms with Crippen LogP contribution in [0.5, 0.6) is 0 Å². The van der Waals surface area contributed by atoms with Gasteiger partial charge >= 0.3 is 0 Å². The molecule has 0 spiro atoms. The van der Waals surface area contributed by atoms with Crippen molar-refractivity contribution in [2.45, 2.75) is 13.0 Å². The Kier molecular flexibility index (Phi) is 2.43. The lowest BCUT2D eigenvalue weighted by Crippen LogP contribution is -2.09. The van der Waals surface area contributed by atoms with Gasteiger partial charge in [0.1, 0.15) is 6.10 Å². The smallest absolute Gasteiger partial charge is 0.100 e. The fourth-order valence-corrected chi connectivity index (χ4v) is 1.64. The van der Waals surface area contributed by atoms with Crippen molar-refractivity contribution < 1.29 is 5.11 Å². The summed E-state index contributed by atoms with van der Waals surface area (Å²) in [4.78, 5) is 0.958. The van der Waals surface area contributed by atoms with E-state index in [1.54, 1.807) is 11.3 Å². The molecule has 0 radical (unpaired) electrons. The lowest BCUT2D eigenvalue weighted by atomic mass is 10.2. The number of aliphatic hydroxyl groups excluding tert-OH is 1. The van der Waals surface area contributed by atoms with Gasteiger partial charge in [0.2, 0.25) is 0 Å². The summed E-state index contributed by atoms with van der Waals surface area (Å²) in [5.74, 6) is 0. The number of nitrogens with two attached hydrogens (primary N) is 1. The molecule has 0 saturated carbocycles. The summed E-state index contributed by atoms with van der Waals surface area (Å²) in [6, 6.07) is 1.96. The van der Waals surface area contributed by atoms with Gasteiger partial charge in [-0.2, -0.15) is 0 Å². The zero-order valence-electron chi connectivity index (χ0n) is 5.87. The minimum absolute atomic E-state index is 0.306. The molecule has 0 unspecified atom stereocenters. The highest BCUT2D eigenvalue weighted by atomic mass is 32.1. The van der Waals surface area contributed by atoms with Crippen LogP contribution < -0.4 is 5.73 Å². The largest absolute Gasteiger partial charge is 0.386 e. The minimum Gasteiger partial charge on any atom is -0.386 e. The van der Waals surface area contributed by atoms with Gasteiger partial charge in [-0.1, -0.05) is 0 Å². The van der Waals surface area contributed by atoms with Crippen LogP contribution in [0.3, 0.4) is 0 Å². The zero-order chi connectivity index (χ0) is 7.56. The molecule has 2 nitrogen and oxygen atoms in total. The van der Waals surface area contributed by atoms with Gasteiger partial charge in [0, 0.05) is 11.4 Å². The van der Waals surface area contributed by atoms with Crippen molar-refractivity contribution in [2.24, 2.45) is 5.73 Å². The van der Waals surface area contributed by atoms with Crippen molar-refractivity contribution in [2.75, 3.05) is 6.54 Å². The summed E-state index contributed by atoms with van der Waals surface area (Å²) < 4.78 is 0.